The molecule has 1 aliphatic rings. The molecule has 3 N–H and O–H groups in total. The normalized spacial score (nSPS) is 22.6. The van der Waals surface area contributed by atoms with E-state index in [9.17, 15) is 14.6 Å². The number of carboxylic acid groups (broad SMARTS) is 1. The topological polar surface area (TPSA) is 95.9 Å². The van der Waals surface area contributed by atoms with Gasteiger partial charge in [0.15, 0.2) is 0 Å². The van der Waals surface area contributed by atoms with Crippen molar-refractivity contribution in [2.45, 2.75) is 44.1 Å². The largest absolute Gasteiger partial charge is 0.481 e. The molecule has 2 heterocycles. The highest BCUT2D eigenvalue weighted by Gasteiger charge is 2.34. The number of thiophene rings is 1. The summed E-state index contributed by atoms with van der Waals surface area (Å²) in [4.78, 5) is 23.6. The molecule has 0 saturated carbocycles. The van der Waals surface area contributed by atoms with Gasteiger partial charge in [0.2, 0.25) is 5.91 Å². The number of carbonyl (C=O) groups is 2. The zero-order valence-corrected chi connectivity index (χ0v) is 12.3. The van der Waals surface area contributed by atoms with E-state index in [4.69, 9.17) is 9.76 Å². The van der Waals surface area contributed by atoms with E-state index in [-0.39, 0.29) is 18.7 Å². The van der Waals surface area contributed by atoms with Gasteiger partial charge in [-0.25, -0.2) is 0 Å². The van der Waals surface area contributed by atoms with Crippen LogP contribution in [0, 0.1) is 0 Å². The Labute approximate surface area is 127 Å². The molecule has 6 nitrogen and oxygen atoms in total. The van der Waals surface area contributed by atoms with Crippen LogP contribution in [0.25, 0.3) is 0 Å². The SMILES string of the molecule is O=C(O)C[C@@H]1CCC[C@H](NC(=O)Cc2cccs2)B(O)O1. The molecule has 8 heteroatoms. The van der Waals surface area contributed by atoms with E-state index in [0.29, 0.717) is 19.3 Å². The van der Waals surface area contributed by atoms with Crippen molar-refractivity contribution >= 4 is 30.3 Å². The number of carboxylic acids is 1. The molecule has 1 amide bonds. The molecule has 1 aliphatic heterocycles. The first kappa shape index (κ1) is 16.0. The van der Waals surface area contributed by atoms with Gasteiger partial charge in [0, 0.05) is 4.88 Å². The molecule has 21 heavy (non-hydrogen) atoms. The second kappa shape index (κ2) is 7.58. The van der Waals surface area contributed by atoms with Gasteiger partial charge in [-0.1, -0.05) is 6.07 Å². The summed E-state index contributed by atoms with van der Waals surface area (Å²) in [6, 6.07) is 3.76. The second-order valence-corrected chi connectivity index (χ2v) is 6.14. The Balaban J connectivity index is 1.85. The molecule has 1 aromatic heterocycles. The standard InChI is InChI=1S/C13H18BNO5S/c16-12(8-10-4-2-6-21-10)15-11-5-1-3-9(7-13(17)18)20-14(11)19/h2,4,6,9,11,19H,1,3,5,7-8H2,(H,15,16)(H,17,18)/t9-,11-/m0/s1. The minimum atomic E-state index is -1.16. The van der Waals surface area contributed by atoms with E-state index in [2.05, 4.69) is 5.32 Å². The van der Waals surface area contributed by atoms with Crippen LogP contribution in [0.4, 0.5) is 0 Å². The Morgan fingerprint density at radius 1 is 1.48 bits per heavy atom. The summed E-state index contributed by atoms with van der Waals surface area (Å²) in [5.74, 6) is -1.61. The quantitative estimate of drug-likeness (QED) is 0.700. The third-order valence-corrected chi connectivity index (χ3v) is 4.26. The Morgan fingerprint density at radius 3 is 2.95 bits per heavy atom. The van der Waals surface area contributed by atoms with Gasteiger partial charge in [0.25, 0.3) is 0 Å². The lowest BCUT2D eigenvalue weighted by Gasteiger charge is -2.20. The maximum Gasteiger partial charge on any atom is 0.478 e. The Morgan fingerprint density at radius 2 is 2.29 bits per heavy atom. The molecule has 0 spiro atoms. The third-order valence-electron chi connectivity index (χ3n) is 3.38. The monoisotopic (exact) mass is 311 g/mol. The average molecular weight is 311 g/mol. The van der Waals surface area contributed by atoms with Gasteiger partial charge in [0.05, 0.1) is 24.9 Å². The molecule has 0 aliphatic carbocycles. The molecule has 0 bridgehead atoms. The van der Waals surface area contributed by atoms with Gasteiger partial charge in [-0.3, -0.25) is 9.59 Å². The number of nitrogens with one attached hydrogen (secondary N) is 1. The Bertz CT molecular complexity index is 481. The van der Waals surface area contributed by atoms with Gasteiger partial charge >= 0.3 is 13.1 Å². The van der Waals surface area contributed by atoms with Crippen LogP contribution in [0.5, 0.6) is 0 Å². The van der Waals surface area contributed by atoms with Crippen molar-refractivity contribution < 1.29 is 24.4 Å². The Hall–Kier alpha value is -1.38. The summed E-state index contributed by atoms with van der Waals surface area (Å²) < 4.78 is 5.33. The van der Waals surface area contributed by atoms with Crippen molar-refractivity contribution in [3.8, 4) is 0 Å². The maximum atomic E-state index is 11.9. The first-order valence-electron chi connectivity index (χ1n) is 6.91. The molecule has 2 rings (SSSR count). The van der Waals surface area contributed by atoms with Crippen molar-refractivity contribution in [2.75, 3.05) is 0 Å². The number of rotatable bonds is 5. The Kier molecular flexibility index (Phi) is 5.78. The molecular formula is C13H18BNO5S. The summed E-state index contributed by atoms with van der Waals surface area (Å²) in [6.45, 7) is 0. The van der Waals surface area contributed by atoms with Gasteiger partial charge < -0.3 is 20.1 Å². The average Bonchev–Trinajstić information content (AvgIpc) is 2.83. The molecular weight excluding hydrogens is 293 g/mol. The van der Waals surface area contributed by atoms with Crippen molar-refractivity contribution in [3.05, 3.63) is 22.4 Å². The number of amides is 1. The summed E-state index contributed by atoms with van der Waals surface area (Å²) in [7, 11) is -1.16. The molecule has 1 saturated heterocycles. The van der Waals surface area contributed by atoms with Crippen LogP contribution < -0.4 is 5.32 Å². The third kappa shape index (κ3) is 5.15. The molecule has 0 aromatic carbocycles. The molecule has 0 unspecified atom stereocenters. The maximum absolute atomic E-state index is 11.9. The van der Waals surface area contributed by atoms with Crippen molar-refractivity contribution in [2.24, 2.45) is 0 Å². The van der Waals surface area contributed by atoms with Crippen molar-refractivity contribution in [1.82, 2.24) is 5.32 Å². The van der Waals surface area contributed by atoms with Gasteiger partial charge in [-0.2, -0.15) is 0 Å². The van der Waals surface area contributed by atoms with E-state index in [1.54, 1.807) is 0 Å². The van der Waals surface area contributed by atoms with E-state index >= 15 is 0 Å². The lowest BCUT2D eigenvalue weighted by molar-refractivity contribution is -0.139. The summed E-state index contributed by atoms with van der Waals surface area (Å²) in [5, 5.41) is 23.4. The lowest BCUT2D eigenvalue weighted by Crippen LogP contribution is -2.48. The molecule has 2 atom stereocenters. The second-order valence-electron chi connectivity index (χ2n) is 5.11. The van der Waals surface area contributed by atoms with E-state index in [1.165, 1.54) is 11.3 Å². The van der Waals surface area contributed by atoms with E-state index in [1.807, 2.05) is 17.5 Å². The fourth-order valence-corrected chi connectivity index (χ4v) is 3.09. The smallest absolute Gasteiger partial charge is 0.478 e. The van der Waals surface area contributed by atoms with Gasteiger partial charge in [0.1, 0.15) is 0 Å². The summed E-state index contributed by atoms with van der Waals surface area (Å²) in [5.41, 5.74) is 0. The predicted octanol–water partition coefficient (Wildman–Crippen LogP) is 0.839. The number of aliphatic carboxylic acids is 1. The van der Waals surface area contributed by atoms with Gasteiger partial charge in [-0.05, 0) is 30.7 Å². The van der Waals surface area contributed by atoms with Crippen LogP contribution >= 0.6 is 11.3 Å². The van der Waals surface area contributed by atoms with Crippen LogP contribution in [0.3, 0.4) is 0 Å². The number of hydrogen-bond acceptors (Lipinski definition) is 5. The van der Waals surface area contributed by atoms with Crippen LogP contribution in [0.2, 0.25) is 0 Å². The van der Waals surface area contributed by atoms with Crippen molar-refractivity contribution in [3.63, 3.8) is 0 Å². The van der Waals surface area contributed by atoms with Crippen LogP contribution in [-0.4, -0.2) is 41.2 Å². The highest BCUT2D eigenvalue weighted by atomic mass is 32.1. The van der Waals surface area contributed by atoms with Crippen LogP contribution in [0.15, 0.2) is 17.5 Å². The summed E-state index contributed by atoms with van der Waals surface area (Å²) >= 11 is 1.51. The zero-order chi connectivity index (χ0) is 15.2. The highest BCUT2D eigenvalue weighted by Crippen LogP contribution is 2.18. The van der Waals surface area contributed by atoms with Crippen LogP contribution in [0.1, 0.15) is 30.6 Å². The zero-order valence-electron chi connectivity index (χ0n) is 11.5. The van der Waals surface area contributed by atoms with Crippen LogP contribution in [-0.2, 0) is 20.7 Å². The fourth-order valence-electron chi connectivity index (χ4n) is 2.39. The highest BCUT2D eigenvalue weighted by molar-refractivity contribution is 7.10. The molecule has 1 fully saturated rings. The van der Waals surface area contributed by atoms with Crippen molar-refractivity contribution in [1.29, 1.82) is 0 Å². The first-order chi connectivity index (χ1) is 10.0. The molecule has 1 aromatic rings. The molecule has 0 radical (unpaired) electrons. The van der Waals surface area contributed by atoms with E-state index in [0.717, 1.165) is 4.88 Å². The summed E-state index contributed by atoms with van der Waals surface area (Å²) in [6.07, 6.45) is 1.50. The minimum absolute atomic E-state index is 0.132. The molecule has 114 valence electrons. The lowest BCUT2D eigenvalue weighted by atomic mass is 9.76. The van der Waals surface area contributed by atoms with E-state index < -0.39 is 25.1 Å². The van der Waals surface area contributed by atoms with Gasteiger partial charge in [-0.15, -0.1) is 11.3 Å². The number of carbonyl (C=O) groups excluding carboxylic acids is 1. The minimum Gasteiger partial charge on any atom is -0.481 e. The fraction of sp³-hybridized carbons (Fsp3) is 0.538. The predicted molar refractivity (Wildman–Crippen MR) is 78.9 cm³/mol. The number of hydrogen-bond donors (Lipinski definition) is 3. The first-order valence-corrected chi connectivity index (χ1v) is 7.79.